The van der Waals surface area contributed by atoms with Gasteiger partial charge in [0, 0.05) is 5.56 Å². The molecule has 0 bridgehead atoms. The Bertz CT molecular complexity index is 834. The Hall–Kier alpha value is -2.69. The second-order valence-electron chi connectivity index (χ2n) is 8.94. The second-order valence-corrected chi connectivity index (χ2v) is 8.94. The van der Waals surface area contributed by atoms with Crippen LogP contribution in [0.3, 0.4) is 0 Å². The molecule has 0 spiro atoms. The standard InChI is InChI=1S/C28H40N4O/c1(2-4-6-8-10-13-17-25-18-14-12-15-19-25)3-5-7-9-11-16-24-33-27-22-20-26(21-23-27)28-29-31-32-30-28/h12,14-15,18-23H,1-11,13,16-17,24H2,(H,29,30,31,32). The Labute approximate surface area is 199 Å². The van der Waals surface area contributed by atoms with E-state index in [0.29, 0.717) is 5.82 Å². The molecule has 178 valence electrons. The van der Waals surface area contributed by atoms with Gasteiger partial charge in [-0.1, -0.05) is 101 Å². The summed E-state index contributed by atoms with van der Waals surface area (Å²) >= 11 is 0. The van der Waals surface area contributed by atoms with E-state index < -0.39 is 0 Å². The normalized spacial score (nSPS) is 11.0. The van der Waals surface area contributed by atoms with E-state index in [2.05, 4.69) is 51.0 Å². The van der Waals surface area contributed by atoms with Crippen LogP contribution in [0.25, 0.3) is 11.4 Å². The fourth-order valence-corrected chi connectivity index (χ4v) is 4.19. The average Bonchev–Trinajstić information content (AvgIpc) is 3.40. The first-order valence-electron chi connectivity index (χ1n) is 12.9. The highest BCUT2D eigenvalue weighted by molar-refractivity contribution is 5.54. The van der Waals surface area contributed by atoms with Crippen LogP contribution in [0.1, 0.15) is 89.0 Å². The van der Waals surface area contributed by atoms with Crippen molar-refractivity contribution in [1.82, 2.24) is 20.6 Å². The Morgan fingerprint density at radius 3 is 1.76 bits per heavy atom. The maximum absolute atomic E-state index is 5.84. The van der Waals surface area contributed by atoms with Crippen molar-refractivity contribution in [2.24, 2.45) is 0 Å². The van der Waals surface area contributed by atoms with E-state index in [-0.39, 0.29) is 0 Å². The van der Waals surface area contributed by atoms with Crippen molar-refractivity contribution >= 4 is 0 Å². The molecule has 0 saturated heterocycles. The number of aryl methyl sites for hydroxylation is 1. The summed E-state index contributed by atoms with van der Waals surface area (Å²) in [5.74, 6) is 1.51. The minimum Gasteiger partial charge on any atom is -0.494 e. The molecule has 1 aromatic heterocycles. The first-order valence-corrected chi connectivity index (χ1v) is 12.9. The van der Waals surface area contributed by atoms with E-state index in [9.17, 15) is 0 Å². The highest BCUT2D eigenvalue weighted by atomic mass is 16.5. The summed E-state index contributed by atoms with van der Waals surface area (Å²) in [6.45, 7) is 0.785. The highest BCUT2D eigenvalue weighted by Gasteiger charge is 2.02. The lowest BCUT2D eigenvalue weighted by molar-refractivity contribution is 0.304. The maximum Gasteiger partial charge on any atom is 0.204 e. The number of nitrogens with zero attached hydrogens (tertiary/aromatic N) is 3. The van der Waals surface area contributed by atoms with Crippen LogP contribution >= 0.6 is 0 Å². The monoisotopic (exact) mass is 448 g/mol. The zero-order valence-corrected chi connectivity index (χ0v) is 20.1. The zero-order chi connectivity index (χ0) is 22.8. The number of hydrogen-bond acceptors (Lipinski definition) is 4. The molecule has 0 fully saturated rings. The van der Waals surface area contributed by atoms with E-state index in [1.165, 1.54) is 89.0 Å². The molecular weight excluding hydrogens is 408 g/mol. The Balaban J connectivity index is 1.05. The number of unbranched alkanes of at least 4 members (excludes halogenated alkanes) is 12. The van der Waals surface area contributed by atoms with Crippen molar-refractivity contribution in [2.75, 3.05) is 6.61 Å². The smallest absolute Gasteiger partial charge is 0.204 e. The topological polar surface area (TPSA) is 63.7 Å². The molecule has 0 aliphatic rings. The van der Waals surface area contributed by atoms with Gasteiger partial charge in [-0.05, 0) is 54.3 Å². The fourth-order valence-electron chi connectivity index (χ4n) is 4.19. The van der Waals surface area contributed by atoms with Crippen molar-refractivity contribution in [3.05, 3.63) is 60.2 Å². The first-order chi connectivity index (χ1) is 16.4. The molecule has 1 heterocycles. The molecule has 5 nitrogen and oxygen atoms in total. The maximum atomic E-state index is 5.84. The first kappa shape index (κ1) is 24.9. The highest BCUT2D eigenvalue weighted by Crippen LogP contribution is 2.19. The predicted molar refractivity (Wildman–Crippen MR) is 135 cm³/mol. The molecule has 0 aliphatic heterocycles. The summed E-state index contributed by atoms with van der Waals surface area (Å²) in [7, 11) is 0. The summed E-state index contributed by atoms with van der Waals surface area (Å²) in [6.07, 6.45) is 18.8. The largest absolute Gasteiger partial charge is 0.494 e. The summed E-state index contributed by atoms with van der Waals surface area (Å²) in [5.41, 5.74) is 2.42. The number of H-pyrrole nitrogens is 1. The van der Waals surface area contributed by atoms with Gasteiger partial charge in [0.1, 0.15) is 5.75 Å². The van der Waals surface area contributed by atoms with Gasteiger partial charge in [0.05, 0.1) is 6.61 Å². The molecule has 3 aromatic rings. The number of benzene rings is 2. The SMILES string of the molecule is c1ccc(CCCCCCCCCCCCCCCOc2ccc(-c3nn[nH]n3)cc2)cc1. The molecular formula is C28H40N4O. The van der Waals surface area contributed by atoms with Crippen LogP contribution in [0.5, 0.6) is 5.75 Å². The van der Waals surface area contributed by atoms with Crippen LogP contribution in [0.2, 0.25) is 0 Å². The molecule has 0 radical (unpaired) electrons. The molecule has 0 unspecified atom stereocenters. The minimum atomic E-state index is 0.607. The average molecular weight is 449 g/mol. The molecule has 0 saturated carbocycles. The van der Waals surface area contributed by atoms with E-state index in [1.807, 2.05) is 24.3 Å². The predicted octanol–water partition coefficient (Wildman–Crippen LogP) is 7.56. The Kier molecular flexibility index (Phi) is 12.1. The van der Waals surface area contributed by atoms with E-state index in [4.69, 9.17) is 4.74 Å². The Morgan fingerprint density at radius 1 is 0.606 bits per heavy atom. The van der Waals surface area contributed by atoms with Gasteiger partial charge in [-0.3, -0.25) is 0 Å². The fraction of sp³-hybridized carbons (Fsp3) is 0.536. The quantitative estimate of drug-likeness (QED) is 0.204. The molecule has 3 rings (SSSR count). The third-order valence-electron chi connectivity index (χ3n) is 6.18. The number of rotatable bonds is 18. The second kappa shape index (κ2) is 16.0. The Morgan fingerprint density at radius 2 is 1.18 bits per heavy atom. The molecule has 33 heavy (non-hydrogen) atoms. The lowest BCUT2D eigenvalue weighted by atomic mass is 10.0. The number of ether oxygens (including phenoxy) is 1. The van der Waals surface area contributed by atoms with Crippen molar-refractivity contribution in [1.29, 1.82) is 0 Å². The van der Waals surface area contributed by atoms with E-state index >= 15 is 0 Å². The van der Waals surface area contributed by atoms with Gasteiger partial charge in [-0.25, -0.2) is 0 Å². The van der Waals surface area contributed by atoms with Gasteiger partial charge in [0.15, 0.2) is 0 Å². The van der Waals surface area contributed by atoms with Gasteiger partial charge in [-0.2, -0.15) is 5.21 Å². The van der Waals surface area contributed by atoms with Crippen molar-refractivity contribution < 1.29 is 4.74 Å². The summed E-state index contributed by atoms with van der Waals surface area (Å²) in [6, 6.07) is 18.7. The number of aromatic nitrogens is 4. The molecule has 0 atom stereocenters. The van der Waals surface area contributed by atoms with Crippen LogP contribution in [0, 0.1) is 0 Å². The number of hydrogen-bond donors (Lipinski definition) is 1. The molecule has 1 N–H and O–H groups in total. The van der Waals surface area contributed by atoms with Crippen molar-refractivity contribution in [3.63, 3.8) is 0 Å². The molecule has 2 aromatic carbocycles. The van der Waals surface area contributed by atoms with Gasteiger partial charge in [0.25, 0.3) is 0 Å². The van der Waals surface area contributed by atoms with Gasteiger partial charge in [-0.15, -0.1) is 10.2 Å². The number of nitrogens with one attached hydrogen (secondary N) is 1. The zero-order valence-electron chi connectivity index (χ0n) is 20.1. The molecule has 0 amide bonds. The molecule has 5 heteroatoms. The lowest BCUT2D eigenvalue weighted by Gasteiger charge is -2.07. The van der Waals surface area contributed by atoms with Crippen LogP contribution in [0.15, 0.2) is 54.6 Å². The van der Waals surface area contributed by atoms with Gasteiger partial charge >= 0.3 is 0 Å². The van der Waals surface area contributed by atoms with Gasteiger partial charge in [0.2, 0.25) is 5.82 Å². The summed E-state index contributed by atoms with van der Waals surface area (Å²) in [4.78, 5) is 0. The van der Waals surface area contributed by atoms with E-state index in [1.54, 1.807) is 0 Å². The summed E-state index contributed by atoms with van der Waals surface area (Å²) in [5, 5.41) is 14.0. The van der Waals surface area contributed by atoms with Crippen molar-refractivity contribution in [2.45, 2.75) is 89.9 Å². The number of aromatic amines is 1. The third-order valence-corrected chi connectivity index (χ3v) is 6.18. The van der Waals surface area contributed by atoms with Crippen molar-refractivity contribution in [3.8, 4) is 17.1 Å². The lowest BCUT2D eigenvalue weighted by Crippen LogP contribution is -1.97. The van der Waals surface area contributed by atoms with E-state index in [0.717, 1.165) is 24.3 Å². The van der Waals surface area contributed by atoms with Crippen LogP contribution in [-0.2, 0) is 6.42 Å². The van der Waals surface area contributed by atoms with Gasteiger partial charge < -0.3 is 4.74 Å². The molecule has 0 aliphatic carbocycles. The van der Waals surface area contributed by atoms with Crippen LogP contribution in [-0.4, -0.2) is 27.2 Å². The van der Waals surface area contributed by atoms with Crippen LogP contribution < -0.4 is 4.74 Å². The summed E-state index contributed by atoms with van der Waals surface area (Å²) < 4.78 is 5.84. The minimum absolute atomic E-state index is 0.607. The van der Waals surface area contributed by atoms with Crippen LogP contribution in [0.4, 0.5) is 0 Å². The third kappa shape index (κ3) is 10.6. The number of tetrazole rings is 1.